The van der Waals surface area contributed by atoms with Crippen LogP contribution >= 0.6 is 0 Å². The molecule has 2 rings (SSSR count). The van der Waals surface area contributed by atoms with Gasteiger partial charge in [0.05, 0.1) is 0 Å². The molecule has 2 saturated carbocycles. The first-order chi connectivity index (χ1) is 6.20. The van der Waals surface area contributed by atoms with Crippen molar-refractivity contribution in [3.8, 4) is 0 Å². The smallest absolute Gasteiger partial charge is 0.0167 e. The summed E-state index contributed by atoms with van der Waals surface area (Å²) in [5.74, 6) is 0.882. The predicted octanol–water partition coefficient (Wildman–Crippen LogP) is 3.33. The third-order valence-corrected chi connectivity index (χ3v) is 4.04. The molecule has 82 valence electrons. The topological polar surface area (TPSA) is 26.0 Å². The van der Waals surface area contributed by atoms with E-state index in [0.29, 0.717) is 10.8 Å². The Morgan fingerprint density at radius 3 is 1.64 bits per heavy atom. The molecule has 2 aliphatic rings. The molecule has 14 heavy (non-hydrogen) atoms. The lowest BCUT2D eigenvalue weighted by atomic mass is 9.53. The van der Waals surface area contributed by atoms with Crippen molar-refractivity contribution in [2.75, 3.05) is 0 Å². The molecule has 0 aliphatic heterocycles. The zero-order chi connectivity index (χ0) is 10.6. The summed E-state index contributed by atoms with van der Waals surface area (Å²) in [6, 6.07) is 0. The molecule has 2 N–H and O–H groups in total. The van der Waals surface area contributed by atoms with Crippen LogP contribution in [0.25, 0.3) is 0 Å². The van der Waals surface area contributed by atoms with Gasteiger partial charge in [0.25, 0.3) is 0 Å². The Hall–Kier alpha value is -0.0400. The van der Waals surface area contributed by atoms with Crippen LogP contribution in [0.4, 0.5) is 0 Å². The van der Waals surface area contributed by atoms with Crippen molar-refractivity contribution in [2.24, 2.45) is 22.5 Å². The zero-order valence-electron chi connectivity index (χ0n) is 10.2. The van der Waals surface area contributed by atoms with Gasteiger partial charge < -0.3 is 5.73 Å². The van der Waals surface area contributed by atoms with Crippen molar-refractivity contribution in [2.45, 2.75) is 65.3 Å². The van der Waals surface area contributed by atoms with E-state index in [2.05, 4.69) is 27.7 Å². The van der Waals surface area contributed by atoms with Crippen molar-refractivity contribution in [1.82, 2.24) is 0 Å². The van der Waals surface area contributed by atoms with Gasteiger partial charge in [-0.3, -0.25) is 0 Å². The monoisotopic (exact) mass is 195 g/mol. The molecular weight excluding hydrogens is 170 g/mol. The van der Waals surface area contributed by atoms with Gasteiger partial charge in [-0.2, -0.15) is 0 Å². The summed E-state index contributed by atoms with van der Waals surface area (Å²) < 4.78 is 0. The Kier molecular flexibility index (Phi) is 2.06. The molecule has 0 atom stereocenters. The van der Waals surface area contributed by atoms with E-state index >= 15 is 0 Å². The second kappa shape index (κ2) is 2.75. The predicted molar refractivity (Wildman–Crippen MR) is 61.1 cm³/mol. The van der Waals surface area contributed by atoms with Crippen LogP contribution in [-0.4, -0.2) is 5.54 Å². The van der Waals surface area contributed by atoms with Crippen molar-refractivity contribution >= 4 is 0 Å². The number of hydrogen-bond acceptors (Lipinski definition) is 1. The molecule has 1 heteroatoms. The summed E-state index contributed by atoms with van der Waals surface area (Å²) in [6.07, 6.45) is 6.49. The molecule has 0 amide bonds. The molecule has 2 bridgehead atoms. The van der Waals surface area contributed by atoms with Gasteiger partial charge in [0.2, 0.25) is 0 Å². The quantitative estimate of drug-likeness (QED) is 0.630. The van der Waals surface area contributed by atoms with E-state index in [1.165, 1.54) is 32.1 Å². The van der Waals surface area contributed by atoms with Crippen molar-refractivity contribution < 1.29 is 0 Å². The number of fused-ring (bicyclic) bond motifs is 2. The van der Waals surface area contributed by atoms with Crippen LogP contribution in [0.15, 0.2) is 0 Å². The summed E-state index contributed by atoms with van der Waals surface area (Å²) in [7, 11) is 0. The second-order valence-corrected chi connectivity index (χ2v) is 7.52. The van der Waals surface area contributed by atoms with Gasteiger partial charge in [0.1, 0.15) is 0 Å². The van der Waals surface area contributed by atoms with Gasteiger partial charge in [-0.25, -0.2) is 0 Å². The lowest BCUT2D eigenvalue weighted by molar-refractivity contribution is 0.000685. The van der Waals surface area contributed by atoms with E-state index in [1.807, 2.05) is 0 Å². The minimum atomic E-state index is 0.147. The summed E-state index contributed by atoms with van der Waals surface area (Å²) in [6.45, 7) is 9.55. The number of rotatable bonds is 0. The highest BCUT2D eigenvalue weighted by Gasteiger charge is 2.48. The molecule has 0 aromatic rings. The van der Waals surface area contributed by atoms with Crippen molar-refractivity contribution in [3.05, 3.63) is 0 Å². The molecule has 0 heterocycles. The molecular formula is C13H25N. The van der Waals surface area contributed by atoms with Crippen molar-refractivity contribution in [1.29, 1.82) is 0 Å². The first-order valence-corrected chi connectivity index (χ1v) is 5.99. The summed E-state index contributed by atoms with van der Waals surface area (Å²) in [5, 5.41) is 0. The number of nitrogens with two attached hydrogens (primary N) is 1. The second-order valence-electron chi connectivity index (χ2n) is 7.52. The highest BCUT2D eigenvalue weighted by molar-refractivity contribution is 5.04. The minimum Gasteiger partial charge on any atom is -0.325 e. The summed E-state index contributed by atoms with van der Waals surface area (Å²) >= 11 is 0. The summed E-state index contributed by atoms with van der Waals surface area (Å²) in [5.41, 5.74) is 7.66. The zero-order valence-corrected chi connectivity index (χ0v) is 10.2. The first kappa shape index (κ1) is 10.5. The van der Waals surface area contributed by atoms with Crippen LogP contribution in [0.3, 0.4) is 0 Å². The molecule has 0 aromatic heterocycles. The fourth-order valence-corrected chi connectivity index (χ4v) is 4.61. The molecule has 2 aliphatic carbocycles. The number of hydrogen-bond donors (Lipinski definition) is 1. The Morgan fingerprint density at radius 2 is 1.29 bits per heavy atom. The van der Waals surface area contributed by atoms with Gasteiger partial charge in [-0.15, -0.1) is 0 Å². The van der Waals surface area contributed by atoms with Crippen LogP contribution in [0.5, 0.6) is 0 Å². The van der Waals surface area contributed by atoms with Crippen LogP contribution in [0.2, 0.25) is 0 Å². The molecule has 0 unspecified atom stereocenters. The van der Waals surface area contributed by atoms with Crippen LogP contribution in [0, 0.1) is 16.7 Å². The molecule has 0 aromatic carbocycles. The molecule has 1 nitrogen and oxygen atoms in total. The molecule has 2 fully saturated rings. The molecule has 0 saturated heterocycles. The highest BCUT2D eigenvalue weighted by atomic mass is 14.8. The average Bonchev–Trinajstić information content (AvgIpc) is 1.71. The Bertz CT molecular complexity index is 217. The van der Waals surface area contributed by atoms with Crippen LogP contribution in [0.1, 0.15) is 59.8 Å². The first-order valence-electron chi connectivity index (χ1n) is 5.99. The van der Waals surface area contributed by atoms with E-state index in [-0.39, 0.29) is 5.54 Å². The standard InChI is InChI=1S/C13H25N/c1-11(2)5-10-6-12(3,4)9-13(14,7-10)8-11/h10H,5-9,14H2,1-4H3. The Balaban J connectivity index is 2.22. The molecule has 0 radical (unpaired) electrons. The van der Waals surface area contributed by atoms with Crippen LogP contribution < -0.4 is 5.73 Å². The summed E-state index contributed by atoms with van der Waals surface area (Å²) in [4.78, 5) is 0. The minimum absolute atomic E-state index is 0.147. The third kappa shape index (κ3) is 1.98. The maximum Gasteiger partial charge on any atom is 0.0167 e. The Labute approximate surface area is 88.4 Å². The fourth-order valence-electron chi connectivity index (χ4n) is 4.61. The van der Waals surface area contributed by atoms with Crippen LogP contribution in [-0.2, 0) is 0 Å². The SMILES string of the molecule is CC1(C)CC2CC(C)(C)CC(N)(C2)C1. The van der Waals surface area contributed by atoms with Gasteiger partial charge in [-0.1, -0.05) is 27.7 Å². The maximum absolute atomic E-state index is 6.55. The van der Waals surface area contributed by atoms with E-state index in [0.717, 1.165) is 5.92 Å². The van der Waals surface area contributed by atoms with Gasteiger partial charge >= 0.3 is 0 Å². The van der Waals surface area contributed by atoms with E-state index in [1.54, 1.807) is 0 Å². The van der Waals surface area contributed by atoms with Crippen molar-refractivity contribution in [3.63, 3.8) is 0 Å². The van der Waals surface area contributed by atoms with Gasteiger partial charge in [-0.05, 0) is 48.9 Å². The lowest BCUT2D eigenvalue weighted by Crippen LogP contribution is -2.55. The maximum atomic E-state index is 6.55. The normalized spacial score (nSPS) is 44.8. The van der Waals surface area contributed by atoms with E-state index in [4.69, 9.17) is 5.73 Å². The fraction of sp³-hybridized carbons (Fsp3) is 1.00. The highest BCUT2D eigenvalue weighted by Crippen LogP contribution is 2.54. The van der Waals surface area contributed by atoms with Gasteiger partial charge in [0.15, 0.2) is 0 Å². The third-order valence-electron chi connectivity index (χ3n) is 4.04. The molecule has 0 spiro atoms. The van der Waals surface area contributed by atoms with E-state index in [9.17, 15) is 0 Å². The Morgan fingerprint density at radius 1 is 0.857 bits per heavy atom. The van der Waals surface area contributed by atoms with Gasteiger partial charge in [0, 0.05) is 5.54 Å². The lowest BCUT2D eigenvalue weighted by Gasteiger charge is -2.55. The van der Waals surface area contributed by atoms with E-state index < -0.39 is 0 Å². The average molecular weight is 195 g/mol. The largest absolute Gasteiger partial charge is 0.325 e.